The summed E-state index contributed by atoms with van der Waals surface area (Å²) < 4.78 is 52.7. The van der Waals surface area contributed by atoms with Crippen molar-refractivity contribution in [2.75, 3.05) is 12.4 Å². The zero-order valence-electron chi connectivity index (χ0n) is 14.1. The molecule has 0 amide bonds. The molecule has 7 nitrogen and oxygen atoms in total. The van der Waals surface area contributed by atoms with Crippen molar-refractivity contribution in [3.8, 4) is 17.5 Å². The lowest BCUT2D eigenvalue weighted by atomic mass is 10.4. The van der Waals surface area contributed by atoms with Crippen LogP contribution in [0.4, 0.5) is 8.78 Å². The highest BCUT2D eigenvalue weighted by atomic mass is 32.2. The van der Waals surface area contributed by atoms with Crippen molar-refractivity contribution in [1.29, 1.82) is 0 Å². The molecule has 2 heterocycles. The topological polar surface area (TPSA) is 78.0 Å². The van der Waals surface area contributed by atoms with Gasteiger partial charge in [-0.15, -0.1) is 4.95 Å². The molecule has 0 spiro atoms. The SMILES string of the molecule is [C-]#[N+]N=S(=O)(CC)c1cccnc1Oc1cc(OCC(C)(F)F)ccn1. The van der Waals surface area contributed by atoms with E-state index >= 15 is 0 Å². The summed E-state index contributed by atoms with van der Waals surface area (Å²) in [5.74, 6) is -2.76. The summed E-state index contributed by atoms with van der Waals surface area (Å²) in [4.78, 5) is 11.0. The largest absolute Gasteiger partial charge is 0.487 e. The normalized spacial score (nSPS) is 13.3. The lowest BCUT2D eigenvalue weighted by molar-refractivity contribution is -0.0230. The Kier molecular flexibility index (Phi) is 6.05. The van der Waals surface area contributed by atoms with E-state index in [4.69, 9.17) is 16.0 Å². The molecule has 26 heavy (non-hydrogen) atoms. The van der Waals surface area contributed by atoms with Crippen LogP contribution in [-0.2, 0) is 9.73 Å². The Balaban J connectivity index is 2.32. The number of alkyl halides is 2. The summed E-state index contributed by atoms with van der Waals surface area (Å²) in [5, 5.41) is 0. The standard InChI is InChI=1S/C16H16F2N4O3S/c1-4-26(23,22-19-3)13-6-5-8-21-15(13)25-14-10-12(7-9-20-14)24-11-16(2,17)18/h5-10H,4,11H2,1-2H3. The minimum absolute atomic E-state index is 0.0162. The zero-order chi connectivity index (χ0) is 19.2. The molecule has 0 saturated heterocycles. The van der Waals surface area contributed by atoms with E-state index in [0.29, 0.717) is 0 Å². The summed E-state index contributed by atoms with van der Waals surface area (Å²) >= 11 is 0. The van der Waals surface area contributed by atoms with E-state index in [-0.39, 0.29) is 28.2 Å². The Bertz CT molecular complexity index is 932. The highest BCUT2D eigenvalue weighted by Gasteiger charge is 2.23. The fourth-order valence-corrected chi connectivity index (χ4v) is 3.17. The number of pyridine rings is 2. The van der Waals surface area contributed by atoms with Gasteiger partial charge < -0.3 is 9.47 Å². The molecule has 0 bridgehead atoms. The van der Waals surface area contributed by atoms with Crippen molar-refractivity contribution in [1.82, 2.24) is 9.97 Å². The van der Waals surface area contributed by atoms with E-state index in [9.17, 15) is 13.0 Å². The number of rotatable bonds is 7. The van der Waals surface area contributed by atoms with Crippen LogP contribution in [0.1, 0.15) is 13.8 Å². The molecule has 0 saturated carbocycles. The maximum absolute atomic E-state index is 12.9. The Morgan fingerprint density at radius 1 is 1.35 bits per heavy atom. The lowest BCUT2D eigenvalue weighted by Crippen LogP contribution is -2.20. The maximum atomic E-state index is 12.9. The summed E-state index contributed by atoms with van der Waals surface area (Å²) in [6, 6.07) is 5.76. The molecule has 0 radical (unpaired) electrons. The van der Waals surface area contributed by atoms with Gasteiger partial charge in [-0.25, -0.2) is 23.0 Å². The second-order valence-electron chi connectivity index (χ2n) is 5.21. The Morgan fingerprint density at radius 3 is 2.77 bits per heavy atom. The predicted octanol–water partition coefficient (Wildman–Crippen LogP) is 3.98. The van der Waals surface area contributed by atoms with Gasteiger partial charge in [0.05, 0.1) is 0 Å². The van der Waals surface area contributed by atoms with Gasteiger partial charge in [0.1, 0.15) is 15.1 Å². The molecule has 1 atom stereocenters. The number of ether oxygens (including phenoxy) is 2. The van der Waals surface area contributed by atoms with Crippen LogP contribution in [0.15, 0.2) is 46.0 Å². The molecule has 138 valence electrons. The third kappa shape index (κ3) is 5.10. The van der Waals surface area contributed by atoms with E-state index in [2.05, 4.69) is 19.4 Å². The second-order valence-corrected chi connectivity index (χ2v) is 7.67. The van der Waals surface area contributed by atoms with Gasteiger partial charge in [-0.1, -0.05) is 6.92 Å². The molecule has 10 heteroatoms. The Morgan fingerprint density at radius 2 is 2.12 bits per heavy atom. The predicted molar refractivity (Wildman–Crippen MR) is 90.6 cm³/mol. The first-order chi connectivity index (χ1) is 12.3. The summed E-state index contributed by atoms with van der Waals surface area (Å²) in [6.07, 6.45) is 2.74. The van der Waals surface area contributed by atoms with Gasteiger partial charge in [0.25, 0.3) is 5.92 Å². The van der Waals surface area contributed by atoms with Crippen LogP contribution in [0, 0.1) is 6.57 Å². The van der Waals surface area contributed by atoms with Gasteiger partial charge in [0, 0.05) is 31.1 Å². The summed E-state index contributed by atoms with van der Waals surface area (Å²) in [6.45, 7) is 8.44. The number of hydrogen-bond acceptors (Lipinski definition) is 6. The molecule has 1 unspecified atom stereocenters. The van der Waals surface area contributed by atoms with E-state index in [1.807, 2.05) is 0 Å². The minimum atomic E-state index is -3.02. The number of halogens is 2. The molecule has 0 aliphatic rings. The minimum Gasteiger partial charge on any atom is -0.487 e. The van der Waals surface area contributed by atoms with Crippen LogP contribution in [0.5, 0.6) is 17.5 Å². The molecular formula is C16H16F2N4O3S. The molecule has 0 aliphatic heterocycles. The molecule has 0 fully saturated rings. The molecule has 0 N–H and O–H groups in total. The number of hydrogen-bond donors (Lipinski definition) is 0. The first-order valence-corrected chi connectivity index (χ1v) is 9.16. The molecule has 0 aromatic carbocycles. The van der Waals surface area contributed by atoms with Gasteiger partial charge >= 0.3 is 0 Å². The second kappa shape index (κ2) is 8.05. The highest BCUT2D eigenvalue weighted by molar-refractivity contribution is 7.93. The average molecular weight is 382 g/mol. The number of aromatic nitrogens is 2. The zero-order valence-corrected chi connectivity index (χ0v) is 14.9. The van der Waals surface area contributed by atoms with Gasteiger partial charge in [0.2, 0.25) is 11.8 Å². The van der Waals surface area contributed by atoms with Crippen LogP contribution in [-0.4, -0.2) is 32.5 Å². The van der Waals surface area contributed by atoms with Gasteiger partial charge in [-0.3, -0.25) is 0 Å². The molecule has 2 aromatic heterocycles. The smallest absolute Gasteiger partial charge is 0.278 e. The van der Waals surface area contributed by atoms with Crippen molar-refractivity contribution in [3.05, 3.63) is 48.2 Å². The number of nitrogens with zero attached hydrogens (tertiary/aromatic N) is 4. The van der Waals surface area contributed by atoms with Crippen molar-refractivity contribution in [2.24, 2.45) is 4.47 Å². The Labute approximate surface area is 150 Å². The summed E-state index contributed by atoms with van der Waals surface area (Å²) in [5.41, 5.74) is 0. The van der Waals surface area contributed by atoms with Crippen molar-refractivity contribution in [3.63, 3.8) is 0 Å². The molecule has 0 aliphatic carbocycles. The fourth-order valence-electron chi connectivity index (χ4n) is 1.86. The van der Waals surface area contributed by atoms with E-state index in [0.717, 1.165) is 6.92 Å². The summed E-state index contributed by atoms with van der Waals surface area (Å²) in [7, 11) is -3.02. The average Bonchev–Trinajstić information content (AvgIpc) is 2.60. The van der Waals surface area contributed by atoms with E-state index in [1.54, 1.807) is 13.0 Å². The van der Waals surface area contributed by atoms with Gasteiger partial charge in [-0.05, 0) is 18.2 Å². The van der Waals surface area contributed by atoms with Crippen LogP contribution in [0.3, 0.4) is 0 Å². The molecule has 2 rings (SSSR count). The molecular weight excluding hydrogens is 366 g/mol. The third-order valence-corrected chi connectivity index (χ3v) is 5.17. The van der Waals surface area contributed by atoms with Crippen LogP contribution < -0.4 is 9.47 Å². The van der Waals surface area contributed by atoms with E-state index < -0.39 is 22.3 Å². The lowest BCUT2D eigenvalue weighted by Gasteiger charge is -2.13. The van der Waals surface area contributed by atoms with E-state index in [1.165, 1.54) is 30.6 Å². The highest BCUT2D eigenvalue weighted by Crippen LogP contribution is 2.29. The van der Waals surface area contributed by atoms with Crippen LogP contribution in [0.25, 0.3) is 4.95 Å². The van der Waals surface area contributed by atoms with Gasteiger partial charge in [0.15, 0.2) is 16.3 Å². The molecule has 2 aromatic rings. The van der Waals surface area contributed by atoms with Crippen LogP contribution >= 0.6 is 0 Å². The van der Waals surface area contributed by atoms with Gasteiger partial charge in [-0.2, -0.15) is 6.57 Å². The van der Waals surface area contributed by atoms with Crippen LogP contribution in [0.2, 0.25) is 0 Å². The first kappa shape index (κ1) is 19.5. The quantitative estimate of drug-likeness (QED) is 0.535. The fraction of sp³-hybridized carbons (Fsp3) is 0.312. The monoisotopic (exact) mass is 382 g/mol. The Hall–Kier alpha value is -2.80. The third-order valence-electron chi connectivity index (χ3n) is 3.04. The van der Waals surface area contributed by atoms with Crippen molar-refractivity contribution < 1.29 is 22.5 Å². The maximum Gasteiger partial charge on any atom is 0.278 e. The van der Waals surface area contributed by atoms with Crippen molar-refractivity contribution in [2.45, 2.75) is 24.7 Å². The van der Waals surface area contributed by atoms with Crippen molar-refractivity contribution >= 4 is 9.73 Å². The first-order valence-electron chi connectivity index (χ1n) is 7.47.